The highest BCUT2D eigenvalue weighted by Crippen LogP contribution is 2.65. The Morgan fingerprint density at radius 3 is 2.38 bits per heavy atom. The lowest BCUT2D eigenvalue weighted by molar-refractivity contribution is -0.140. The molecule has 7 rings (SSSR count). The first kappa shape index (κ1) is 21.4. The SMILES string of the molecule is CCOc1cc(C=NN2C(=O)[C@@H]3[C@H]4C=C[C@@H]([C@@H]5C[C@@H]45)[C@@H]3C2=O)ccc1OCc1ccccc1Cl. The smallest absolute Gasteiger partial charge is 0.254 e. The zero-order valence-electron chi connectivity index (χ0n) is 18.8. The quantitative estimate of drug-likeness (QED) is 0.330. The highest BCUT2D eigenvalue weighted by atomic mass is 35.5. The molecule has 0 aromatic heterocycles. The van der Waals surface area contributed by atoms with Crippen LogP contribution in [-0.2, 0) is 16.2 Å². The molecule has 174 valence electrons. The van der Waals surface area contributed by atoms with Crippen molar-refractivity contribution in [3.05, 3.63) is 70.8 Å². The molecule has 1 aliphatic heterocycles. The van der Waals surface area contributed by atoms with Gasteiger partial charge in [0.05, 0.1) is 24.7 Å². The van der Waals surface area contributed by atoms with Gasteiger partial charge in [0, 0.05) is 10.6 Å². The summed E-state index contributed by atoms with van der Waals surface area (Å²) >= 11 is 6.23. The van der Waals surface area contributed by atoms with E-state index in [0.717, 1.165) is 17.0 Å². The molecule has 1 heterocycles. The van der Waals surface area contributed by atoms with Gasteiger partial charge in [0.15, 0.2) is 11.5 Å². The Bertz CT molecular complexity index is 1190. The first-order valence-corrected chi connectivity index (χ1v) is 12.2. The van der Waals surface area contributed by atoms with E-state index in [1.807, 2.05) is 37.3 Å². The molecule has 6 nitrogen and oxygen atoms in total. The first-order valence-electron chi connectivity index (χ1n) is 11.8. The molecule has 0 radical (unpaired) electrons. The topological polar surface area (TPSA) is 68.2 Å². The number of ether oxygens (including phenoxy) is 2. The summed E-state index contributed by atoms with van der Waals surface area (Å²) in [6, 6.07) is 12.9. The van der Waals surface area contributed by atoms with Gasteiger partial charge in [-0.05, 0) is 66.8 Å². The minimum Gasteiger partial charge on any atom is -0.490 e. The predicted molar refractivity (Wildman–Crippen MR) is 128 cm³/mol. The van der Waals surface area contributed by atoms with Gasteiger partial charge in [0.2, 0.25) is 0 Å². The lowest BCUT2D eigenvalue weighted by atomic mass is 9.63. The van der Waals surface area contributed by atoms with Crippen molar-refractivity contribution >= 4 is 29.6 Å². The molecule has 2 bridgehead atoms. The fourth-order valence-corrected chi connectivity index (χ4v) is 6.13. The van der Waals surface area contributed by atoms with E-state index >= 15 is 0 Å². The Hall–Kier alpha value is -3.12. The number of hydrogen-bond acceptors (Lipinski definition) is 5. The molecule has 2 aromatic rings. The number of carbonyl (C=O) groups excluding carboxylic acids is 2. The second-order valence-electron chi connectivity index (χ2n) is 9.41. The molecule has 2 saturated carbocycles. The summed E-state index contributed by atoms with van der Waals surface area (Å²) < 4.78 is 11.7. The molecule has 34 heavy (non-hydrogen) atoms. The number of halogens is 1. The fraction of sp³-hybridized carbons (Fsp3) is 0.370. The molecular formula is C27H25ClN2O4. The van der Waals surface area contributed by atoms with Crippen molar-refractivity contribution in [3.8, 4) is 11.5 Å². The minimum atomic E-state index is -0.247. The van der Waals surface area contributed by atoms with Gasteiger partial charge < -0.3 is 9.47 Å². The number of allylic oxidation sites excluding steroid dienone is 2. The number of amides is 2. The van der Waals surface area contributed by atoms with E-state index in [1.54, 1.807) is 18.3 Å². The van der Waals surface area contributed by atoms with Gasteiger partial charge in [-0.15, -0.1) is 0 Å². The van der Waals surface area contributed by atoms with Gasteiger partial charge in [0.1, 0.15) is 6.61 Å². The number of nitrogens with zero attached hydrogens (tertiary/aromatic N) is 2. The van der Waals surface area contributed by atoms with E-state index in [0.29, 0.717) is 47.1 Å². The van der Waals surface area contributed by atoms with Crippen LogP contribution >= 0.6 is 11.6 Å². The molecule has 7 heteroatoms. The van der Waals surface area contributed by atoms with Crippen LogP contribution in [0.1, 0.15) is 24.5 Å². The average Bonchev–Trinajstić information content (AvgIpc) is 3.63. The maximum Gasteiger partial charge on any atom is 0.254 e. The lowest BCUT2D eigenvalue weighted by Gasteiger charge is -2.37. The van der Waals surface area contributed by atoms with Crippen LogP contribution in [-0.4, -0.2) is 29.6 Å². The van der Waals surface area contributed by atoms with Crippen LogP contribution in [0.5, 0.6) is 11.5 Å². The first-order chi connectivity index (χ1) is 16.6. The largest absolute Gasteiger partial charge is 0.490 e. The Labute approximate surface area is 203 Å². The van der Waals surface area contributed by atoms with E-state index in [2.05, 4.69) is 17.3 Å². The lowest BCUT2D eigenvalue weighted by Crippen LogP contribution is -2.40. The molecule has 6 atom stereocenters. The maximum absolute atomic E-state index is 13.1. The standard InChI is InChI=1S/C27H25ClN2O4/c1-2-33-23-11-15(7-10-22(23)34-14-16-5-3-4-6-21(16)28)13-29-30-26(31)24-17-8-9-18(20-12-19(17)20)25(24)27(30)32/h3-11,13,17-20,24-25H,2,12,14H2,1H3/t17-,18-,19-,20-,24-,25+/m0/s1. The maximum atomic E-state index is 13.1. The zero-order valence-corrected chi connectivity index (χ0v) is 19.5. The molecule has 0 N–H and O–H groups in total. The molecule has 5 aliphatic rings. The van der Waals surface area contributed by atoms with Crippen molar-refractivity contribution in [2.45, 2.75) is 20.0 Å². The Morgan fingerprint density at radius 1 is 1.00 bits per heavy atom. The number of benzene rings is 2. The van der Waals surface area contributed by atoms with Gasteiger partial charge in [-0.2, -0.15) is 10.1 Å². The van der Waals surface area contributed by atoms with Crippen LogP contribution in [0.2, 0.25) is 5.02 Å². The van der Waals surface area contributed by atoms with Crippen LogP contribution in [0, 0.1) is 35.5 Å². The normalized spacial score (nSPS) is 30.6. The third-order valence-corrected chi connectivity index (χ3v) is 7.94. The molecule has 1 saturated heterocycles. The summed E-state index contributed by atoms with van der Waals surface area (Å²) in [5.74, 6) is 1.85. The summed E-state index contributed by atoms with van der Waals surface area (Å²) in [4.78, 5) is 26.2. The molecule has 0 spiro atoms. The Balaban J connectivity index is 1.19. The zero-order chi connectivity index (χ0) is 23.4. The van der Waals surface area contributed by atoms with Gasteiger partial charge in [-0.3, -0.25) is 9.59 Å². The molecule has 4 aliphatic carbocycles. The van der Waals surface area contributed by atoms with Crippen molar-refractivity contribution in [2.75, 3.05) is 6.61 Å². The average molecular weight is 477 g/mol. The number of imide groups is 1. The number of hydrogen-bond donors (Lipinski definition) is 0. The molecule has 3 fully saturated rings. The highest BCUT2D eigenvalue weighted by Gasteiger charge is 2.67. The van der Waals surface area contributed by atoms with E-state index in [9.17, 15) is 9.59 Å². The van der Waals surface area contributed by atoms with E-state index in [4.69, 9.17) is 21.1 Å². The van der Waals surface area contributed by atoms with E-state index in [1.165, 1.54) is 0 Å². The van der Waals surface area contributed by atoms with Gasteiger partial charge in [-0.25, -0.2) is 0 Å². The summed E-state index contributed by atoms with van der Waals surface area (Å²) in [6.45, 7) is 2.67. The molecule has 0 unspecified atom stereocenters. The van der Waals surface area contributed by atoms with Crippen LogP contribution < -0.4 is 9.47 Å². The monoisotopic (exact) mass is 476 g/mol. The van der Waals surface area contributed by atoms with Gasteiger partial charge in [0.25, 0.3) is 11.8 Å². The Morgan fingerprint density at radius 2 is 1.71 bits per heavy atom. The number of carbonyl (C=O) groups is 2. The van der Waals surface area contributed by atoms with Crippen molar-refractivity contribution in [2.24, 2.45) is 40.6 Å². The molecular weight excluding hydrogens is 452 g/mol. The van der Waals surface area contributed by atoms with Crippen LogP contribution in [0.25, 0.3) is 0 Å². The van der Waals surface area contributed by atoms with Crippen LogP contribution in [0.3, 0.4) is 0 Å². The molecule has 2 amide bonds. The third kappa shape index (κ3) is 3.43. The second-order valence-corrected chi connectivity index (χ2v) is 9.81. The van der Waals surface area contributed by atoms with Crippen molar-refractivity contribution in [1.82, 2.24) is 5.01 Å². The van der Waals surface area contributed by atoms with E-state index in [-0.39, 0.29) is 35.5 Å². The second kappa shape index (κ2) is 8.27. The van der Waals surface area contributed by atoms with Gasteiger partial charge in [-0.1, -0.05) is 42.0 Å². The number of rotatable bonds is 7. The van der Waals surface area contributed by atoms with E-state index < -0.39 is 0 Å². The number of hydrazone groups is 1. The summed E-state index contributed by atoms with van der Waals surface area (Å²) in [7, 11) is 0. The minimum absolute atomic E-state index is 0.166. The summed E-state index contributed by atoms with van der Waals surface area (Å²) in [5, 5.41) is 6.06. The highest BCUT2D eigenvalue weighted by molar-refractivity contribution is 6.31. The molecule has 2 aromatic carbocycles. The summed E-state index contributed by atoms with van der Waals surface area (Å²) in [5.41, 5.74) is 1.60. The van der Waals surface area contributed by atoms with Gasteiger partial charge >= 0.3 is 0 Å². The summed E-state index contributed by atoms with van der Waals surface area (Å²) in [6.07, 6.45) is 7.01. The van der Waals surface area contributed by atoms with Crippen molar-refractivity contribution in [1.29, 1.82) is 0 Å². The van der Waals surface area contributed by atoms with Crippen LogP contribution in [0.15, 0.2) is 59.7 Å². The van der Waals surface area contributed by atoms with Crippen molar-refractivity contribution < 1.29 is 19.1 Å². The Kier molecular flexibility index (Phi) is 5.21. The predicted octanol–water partition coefficient (Wildman–Crippen LogP) is 4.70. The fourth-order valence-electron chi connectivity index (χ4n) is 5.94. The van der Waals surface area contributed by atoms with Crippen molar-refractivity contribution in [3.63, 3.8) is 0 Å². The third-order valence-electron chi connectivity index (χ3n) is 7.57. The van der Waals surface area contributed by atoms with Crippen LogP contribution in [0.4, 0.5) is 0 Å².